The van der Waals surface area contributed by atoms with Crippen molar-refractivity contribution in [3.8, 4) is 0 Å². The summed E-state index contributed by atoms with van der Waals surface area (Å²) >= 11 is 0. The molecule has 0 amide bonds. The lowest BCUT2D eigenvalue weighted by molar-refractivity contribution is -0.144. The molecule has 1 atom stereocenters. The van der Waals surface area contributed by atoms with Crippen LogP contribution in [0.4, 0.5) is 13.2 Å². The molecule has 0 aliphatic heterocycles. The molecule has 0 saturated heterocycles. The highest BCUT2D eigenvalue weighted by atomic mass is 19.2. The molecule has 3 aromatic rings. The summed E-state index contributed by atoms with van der Waals surface area (Å²) in [7, 11) is 0. The Kier molecular flexibility index (Phi) is 7.01. The molecule has 154 valence electrons. The smallest absolute Gasteiger partial charge is 0.331 e. The van der Waals surface area contributed by atoms with Gasteiger partial charge in [0.05, 0.1) is 12.3 Å². The molecule has 0 heterocycles. The number of nitrogens with zero attached hydrogens (tertiary/aromatic N) is 1. The van der Waals surface area contributed by atoms with E-state index in [-0.39, 0.29) is 18.6 Å². The third-order valence-corrected chi connectivity index (χ3v) is 4.41. The molecular formula is C24H20F3NO2. The number of halogens is 3. The van der Waals surface area contributed by atoms with Crippen LogP contribution < -0.4 is 0 Å². The second-order valence-electron chi connectivity index (χ2n) is 6.56. The average molecular weight is 411 g/mol. The second kappa shape index (κ2) is 9.87. The largest absolute Gasteiger partial charge is 0.464 e. The van der Waals surface area contributed by atoms with E-state index in [1.54, 1.807) is 6.92 Å². The van der Waals surface area contributed by atoms with Crippen LogP contribution in [0, 0.1) is 17.5 Å². The Morgan fingerprint density at radius 2 is 1.40 bits per heavy atom. The number of aliphatic imine (C=N–C) groups is 1. The van der Waals surface area contributed by atoms with E-state index < -0.39 is 29.5 Å². The fraction of sp³-hybridized carbons (Fsp3) is 0.167. The summed E-state index contributed by atoms with van der Waals surface area (Å²) in [6.45, 7) is 1.79. The van der Waals surface area contributed by atoms with Crippen molar-refractivity contribution in [3.63, 3.8) is 0 Å². The van der Waals surface area contributed by atoms with Gasteiger partial charge >= 0.3 is 5.97 Å². The zero-order valence-corrected chi connectivity index (χ0v) is 16.3. The molecule has 0 fully saturated rings. The number of benzene rings is 3. The summed E-state index contributed by atoms with van der Waals surface area (Å²) in [5.41, 5.74) is 2.19. The highest BCUT2D eigenvalue weighted by molar-refractivity contribution is 6.13. The van der Waals surface area contributed by atoms with Gasteiger partial charge in [-0.15, -0.1) is 0 Å². The SMILES string of the molecule is CCOC(=O)C(Cc1cc(F)c(F)c(F)c1)N=C(c1ccccc1)c1ccccc1. The molecular weight excluding hydrogens is 391 g/mol. The highest BCUT2D eigenvalue weighted by Crippen LogP contribution is 2.19. The van der Waals surface area contributed by atoms with Gasteiger partial charge in [-0.2, -0.15) is 0 Å². The molecule has 3 rings (SSSR count). The van der Waals surface area contributed by atoms with Crippen LogP contribution >= 0.6 is 0 Å². The van der Waals surface area contributed by atoms with E-state index in [4.69, 9.17) is 4.74 Å². The molecule has 0 spiro atoms. The van der Waals surface area contributed by atoms with Gasteiger partial charge in [-0.3, -0.25) is 4.99 Å². The van der Waals surface area contributed by atoms with Gasteiger partial charge < -0.3 is 4.74 Å². The van der Waals surface area contributed by atoms with Crippen molar-refractivity contribution in [2.75, 3.05) is 6.61 Å². The maximum absolute atomic E-state index is 13.7. The third-order valence-electron chi connectivity index (χ3n) is 4.41. The monoisotopic (exact) mass is 411 g/mol. The Morgan fingerprint density at radius 3 is 1.87 bits per heavy atom. The molecule has 3 nitrogen and oxygen atoms in total. The van der Waals surface area contributed by atoms with Crippen molar-refractivity contribution in [2.45, 2.75) is 19.4 Å². The Balaban J connectivity index is 2.07. The van der Waals surface area contributed by atoms with Crippen molar-refractivity contribution in [3.05, 3.63) is 107 Å². The first kappa shape index (κ1) is 21.3. The Hall–Kier alpha value is -3.41. The number of carbonyl (C=O) groups is 1. The van der Waals surface area contributed by atoms with Crippen LogP contribution in [0.1, 0.15) is 23.6 Å². The van der Waals surface area contributed by atoms with Crippen molar-refractivity contribution in [2.24, 2.45) is 4.99 Å². The normalized spacial score (nSPS) is 11.6. The maximum Gasteiger partial charge on any atom is 0.331 e. The molecule has 1 unspecified atom stereocenters. The minimum atomic E-state index is -1.55. The topological polar surface area (TPSA) is 38.7 Å². The summed E-state index contributed by atoms with van der Waals surface area (Å²) in [6, 6.07) is 19.2. The van der Waals surface area contributed by atoms with Crippen LogP contribution in [0.5, 0.6) is 0 Å². The van der Waals surface area contributed by atoms with Gasteiger partial charge in [-0.1, -0.05) is 60.7 Å². The van der Waals surface area contributed by atoms with E-state index in [0.717, 1.165) is 23.3 Å². The fourth-order valence-electron chi connectivity index (χ4n) is 3.03. The maximum atomic E-state index is 13.7. The molecule has 6 heteroatoms. The summed E-state index contributed by atoms with van der Waals surface area (Å²) in [4.78, 5) is 17.2. The first-order valence-electron chi connectivity index (χ1n) is 9.48. The van der Waals surface area contributed by atoms with Gasteiger partial charge in [0.25, 0.3) is 0 Å². The lowest BCUT2D eigenvalue weighted by Crippen LogP contribution is -2.26. The molecule has 0 radical (unpaired) electrons. The summed E-state index contributed by atoms with van der Waals surface area (Å²) in [6.07, 6.45) is -0.143. The first-order chi connectivity index (χ1) is 14.5. The molecule has 0 aromatic heterocycles. The molecule has 0 saturated carbocycles. The number of carbonyl (C=O) groups excluding carboxylic acids is 1. The van der Waals surface area contributed by atoms with Crippen molar-refractivity contribution in [1.29, 1.82) is 0 Å². The second-order valence-corrected chi connectivity index (χ2v) is 6.56. The number of hydrogen-bond acceptors (Lipinski definition) is 3. The number of rotatable bonds is 7. The van der Waals surface area contributed by atoms with E-state index in [0.29, 0.717) is 5.71 Å². The minimum Gasteiger partial charge on any atom is -0.464 e. The molecule has 0 bridgehead atoms. The van der Waals surface area contributed by atoms with Crippen LogP contribution in [-0.4, -0.2) is 24.3 Å². The van der Waals surface area contributed by atoms with Gasteiger partial charge in [0.1, 0.15) is 0 Å². The van der Waals surface area contributed by atoms with E-state index >= 15 is 0 Å². The highest BCUT2D eigenvalue weighted by Gasteiger charge is 2.23. The van der Waals surface area contributed by atoms with Crippen LogP contribution in [0.25, 0.3) is 0 Å². The quantitative estimate of drug-likeness (QED) is 0.308. The van der Waals surface area contributed by atoms with E-state index in [1.165, 1.54) is 0 Å². The lowest BCUT2D eigenvalue weighted by atomic mass is 10.0. The van der Waals surface area contributed by atoms with Crippen molar-refractivity contribution in [1.82, 2.24) is 0 Å². The Labute approximate surface area is 172 Å². The van der Waals surface area contributed by atoms with E-state index in [9.17, 15) is 18.0 Å². The van der Waals surface area contributed by atoms with Gasteiger partial charge in [0, 0.05) is 17.5 Å². The van der Waals surface area contributed by atoms with Gasteiger partial charge in [-0.05, 0) is 24.6 Å². The molecule has 30 heavy (non-hydrogen) atoms. The molecule has 3 aromatic carbocycles. The van der Waals surface area contributed by atoms with Crippen LogP contribution in [-0.2, 0) is 16.0 Å². The Bertz CT molecular complexity index is 972. The van der Waals surface area contributed by atoms with Crippen LogP contribution in [0.3, 0.4) is 0 Å². The molecule has 0 N–H and O–H groups in total. The molecule has 0 aliphatic carbocycles. The zero-order chi connectivity index (χ0) is 21.5. The van der Waals surface area contributed by atoms with Gasteiger partial charge in [-0.25, -0.2) is 18.0 Å². The molecule has 0 aliphatic rings. The third kappa shape index (κ3) is 5.14. The minimum absolute atomic E-state index is 0.105. The summed E-state index contributed by atoms with van der Waals surface area (Å²) in [5, 5.41) is 0. The number of ether oxygens (including phenoxy) is 1. The number of esters is 1. The van der Waals surface area contributed by atoms with Gasteiger partial charge in [0.15, 0.2) is 23.5 Å². The summed E-state index contributed by atoms with van der Waals surface area (Å²) in [5.74, 6) is -4.82. The Morgan fingerprint density at radius 1 is 0.900 bits per heavy atom. The van der Waals surface area contributed by atoms with Crippen molar-refractivity contribution < 1.29 is 22.7 Å². The predicted octanol–water partition coefficient (Wildman–Crippen LogP) is 5.12. The zero-order valence-electron chi connectivity index (χ0n) is 16.3. The average Bonchev–Trinajstić information content (AvgIpc) is 2.76. The first-order valence-corrected chi connectivity index (χ1v) is 9.48. The van der Waals surface area contributed by atoms with Crippen LogP contribution in [0.15, 0.2) is 77.8 Å². The number of hydrogen-bond donors (Lipinski definition) is 0. The standard InChI is InChI=1S/C24H20F3NO2/c1-2-30-24(29)21(15-16-13-19(25)22(27)20(26)14-16)28-23(17-9-5-3-6-10-17)18-11-7-4-8-12-18/h3-14,21H,2,15H2,1H3. The van der Waals surface area contributed by atoms with E-state index in [1.807, 2.05) is 60.7 Å². The van der Waals surface area contributed by atoms with Gasteiger partial charge in [0.2, 0.25) is 0 Å². The lowest BCUT2D eigenvalue weighted by Gasteiger charge is -2.15. The summed E-state index contributed by atoms with van der Waals surface area (Å²) < 4.78 is 45.8. The van der Waals surface area contributed by atoms with Crippen LogP contribution in [0.2, 0.25) is 0 Å². The fourth-order valence-corrected chi connectivity index (χ4v) is 3.03. The van der Waals surface area contributed by atoms with Crippen molar-refractivity contribution >= 4 is 11.7 Å². The predicted molar refractivity (Wildman–Crippen MR) is 109 cm³/mol. The van der Waals surface area contributed by atoms with E-state index in [2.05, 4.69) is 4.99 Å².